The molecular formula is C22H33NO6. The summed E-state index contributed by atoms with van der Waals surface area (Å²) in [5.74, 6) is -0.950. The topological polar surface area (TPSA) is 90.9 Å². The van der Waals surface area contributed by atoms with Crippen molar-refractivity contribution in [2.75, 3.05) is 6.61 Å². The number of ether oxygens (including phenoxy) is 3. The van der Waals surface area contributed by atoms with Gasteiger partial charge < -0.3 is 19.5 Å². The van der Waals surface area contributed by atoms with Crippen LogP contribution in [0.25, 0.3) is 0 Å². The van der Waals surface area contributed by atoms with E-state index in [2.05, 4.69) is 5.32 Å². The molecule has 0 aliphatic carbocycles. The molecule has 0 aliphatic rings. The SMILES string of the molecule is CC(C)[C@H](NC(=O)OCc1ccccc1)C(=O)OCCCCC(=O)OC(C)(C)C. The van der Waals surface area contributed by atoms with Gasteiger partial charge in [-0.25, -0.2) is 9.59 Å². The molecule has 0 saturated heterocycles. The quantitative estimate of drug-likeness (QED) is 0.358. The van der Waals surface area contributed by atoms with E-state index in [1.807, 2.05) is 65.0 Å². The van der Waals surface area contributed by atoms with Gasteiger partial charge in [0.15, 0.2) is 0 Å². The lowest BCUT2D eigenvalue weighted by Gasteiger charge is -2.21. The highest BCUT2D eigenvalue weighted by Crippen LogP contribution is 2.11. The van der Waals surface area contributed by atoms with Gasteiger partial charge in [-0.3, -0.25) is 4.79 Å². The molecule has 1 N–H and O–H groups in total. The molecule has 0 heterocycles. The van der Waals surface area contributed by atoms with E-state index in [1.54, 1.807) is 0 Å². The number of hydrogen-bond donors (Lipinski definition) is 1. The van der Waals surface area contributed by atoms with Crippen molar-refractivity contribution < 1.29 is 28.6 Å². The van der Waals surface area contributed by atoms with Crippen LogP contribution in [0.3, 0.4) is 0 Å². The Morgan fingerprint density at radius 1 is 1.00 bits per heavy atom. The second-order valence-corrected chi connectivity index (χ2v) is 8.14. The van der Waals surface area contributed by atoms with E-state index >= 15 is 0 Å². The molecule has 1 aromatic carbocycles. The Hall–Kier alpha value is -2.57. The third kappa shape index (κ3) is 11.1. The fraction of sp³-hybridized carbons (Fsp3) is 0.591. The molecule has 1 rings (SSSR count). The lowest BCUT2D eigenvalue weighted by atomic mass is 10.1. The van der Waals surface area contributed by atoms with Crippen LogP contribution in [-0.4, -0.2) is 36.3 Å². The monoisotopic (exact) mass is 407 g/mol. The molecule has 0 saturated carbocycles. The summed E-state index contributed by atoms with van der Waals surface area (Å²) in [4.78, 5) is 36.0. The maximum atomic E-state index is 12.3. The Bertz CT molecular complexity index is 651. The average Bonchev–Trinajstić information content (AvgIpc) is 2.63. The number of carbonyl (C=O) groups excluding carboxylic acids is 3. The summed E-state index contributed by atoms with van der Waals surface area (Å²) < 4.78 is 15.6. The van der Waals surface area contributed by atoms with Gasteiger partial charge in [-0.05, 0) is 45.1 Å². The minimum atomic E-state index is -0.802. The molecule has 0 unspecified atom stereocenters. The molecule has 0 bridgehead atoms. The first-order valence-corrected chi connectivity index (χ1v) is 9.94. The largest absolute Gasteiger partial charge is 0.464 e. The number of benzene rings is 1. The normalized spacial score (nSPS) is 12.2. The average molecular weight is 408 g/mol. The summed E-state index contributed by atoms with van der Waals surface area (Å²) in [7, 11) is 0. The van der Waals surface area contributed by atoms with Crippen LogP contribution < -0.4 is 5.32 Å². The molecule has 0 radical (unpaired) electrons. The Kier molecular flexibility index (Phi) is 10.2. The van der Waals surface area contributed by atoms with Crippen molar-refractivity contribution in [1.82, 2.24) is 5.32 Å². The third-order valence-electron chi connectivity index (χ3n) is 3.85. The third-order valence-corrected chi connectivity index (χ3v) is 3.85. The number of rotatable bonds is 10. The molecule has 0 fully saturated rings. The van der Waals surface area contributed by atoms with E-state index in [1.165, 1.54) is 0 Å². The first-order valence-electron chi connectivity index (χ1n) is 9.94. The summed E-state index contributed by atoms with van der Waals surface area (Å²) in [5, 5.41) is 2.56. The summed E-state index contributed by atoms with van der Waals surface area (Å²) >= 11 is 0. The summed E-state index contributed by atoms with van der Waals surface area (Å²) in [6.45, 7) is 9.37. The van der Waals surface area contributed by atoms with Crippen LogP contribution in [0, 0.1) is 5.92 Å². The van der Waals surface area contributed by atoms with Gasteiger partial charge in [0.1, 0.15) is 18.2 Å². The van der Waals surface area contributed by atoms with E-state index in [9.17, 15) is 14.4 Å². The summed E-state index contributed by atoms with van der Waals surface area (Å²) in [5.41, 5.74) is 0.353. The number of unbranched alkanes of at least 4 members (excludes halogenated alkanes) is 1. The van der Waals surface area contributed by atoms with Crippen LogP contribution in [0.4, 0.5) is 4.79 Å². The smallest absolute Gasteiger partial charge is 0.408 e. The van der Waals surface area contributed by atoms with E-state index in [0.29, 0.717) is 12.8 Å². The summed E-state index contributed by atoms with van der Waals surface area (Å²) in [6, 6.07) is 8.48. The van der Waals surface area contributed by atoms with Crippen LogP contribution in [-0.2, 0) is 30.4 Å². The highest BCUT2D eigenvalue weighted by atomic mass is 16.6. The van der Waals surface area contributed by atoms with Gasteiger partial charge in [-0.2, -0.15) is 0 Å². The maximum absolute atomic E-state index is 12.3. The molecule has 162 valence electrons. The number of hydrogen-bond acceptors (Lipinski definition) is 6. The first-order chi connectivity index (χ1) is 13.6. The molecule has 1 atom stereocenters. The zero-order valence-corrected chi connectivity index (χ0v) is 18.0. The van der Waals surface area contributed by atoms with Crippen LogP contribution >= 0.6 is 0 Å². The van der Waals surface area contributed by atoms with Crippen molar-refractivity contribution in [2.45, 2.75) is 72.1 Å². The number of amides is 1. The van der Waals surface area contributed by atoms with E-state index < -0.39 is 23.7 Å². The number of nitrogens with one attached hydrogen (secondary N) is 1. The lowest BCUT2D eigenvalue weighted by Crippen LogP contribution is -2.45. The zero-order chi connectivity index (χ0) is 21.9. The predicted octanol–water partition coefficient (Wildman–Crippen LogP) is 3.99. The Morgan fingerprint density at radius 3 is 2.24 bits per heavy atom. The first kappa shape index (κ1) is 24.5. The van der Waals surface area contributed by atoms with Crippen LogP contribution in [0.1, 0.15) is 59.4 Å². The molecule has 0 aliphatic heterocycles. The Labute approximate surface area is 173 Å². The zero-order valence-electron chi connectivity index (χ0n) is 18.0. The Balaban J connectivity index is 2.32. The van der Waals surface area contributed by atoms with E-state index in [-0.39, 0.29) is 31.5 Å². The van der Waals surface area contributed by atoms with Crippen molar-refractivity contribution >= 4 is 18.0 Å². The maximum Gasteiger partial charge on any atom is 0.408 e. The highest BCUT2D eigenvalue weighted by Gasteiger charge is 2.26. The number of carbonyl (C=O) groups is 3. The fourth-order valence-corrected chi connectivity index (χ4v) is 2.42. The molecule has 7 nitrogen and oxygen atoms in total. The van der Waals surface area contributed by atoms with E-state index in [4.69, 9.17) is 14.2 Å². The lowest BCUT2D eigenvalue weighted by molar-refractivity contribution is -0.154. The van der Waals surface area contributed by atoms with Crippen LogP contribution in [0.15, 0.2) is 30.3 Å². The predicted molar refractivity (Wildman–Crippen MR) is 109 cm³/mol. The van der Waals surface area contributed by atoms with Gasteiger partial charge in [-0.15, -0.1) is 0 Å². The van der Waals surface area contributed by atoms with Gasteiger partial charge in [-0.1, -0.05) is 44.2 Å². The van der Waals surface area contributed by atoms with E-state index in [0.717, 1.165) is 5.56 Å². The van der Waals surface area contributed by atoms with Crippen molar-refractivity contribution in [2.24, 2.45) is 5.92 Å². The van der Waals surface area contributed by atoms with Crippen molar-refractivity contribution in [1.29, 1.82) is 0 Å². The molecule has 29 heavy (non-hydrogen) atoms. The fourth-order valence-electron chi connectivity index (χ4n) is 2.42. The van der Waals surface area contributed by atoms with Gasteiger partial charge in [0.25, 0.3) is 0 Å². The second-order valence-electron chi connectivity index (χ2n) is 8.14. The van der Waals surface area contributed by atoms with Crippen LogP contribution in [0.2, 0.25) is 0 Å². The number of alkyl carbamates (subject to hydrolysis) is 1. The van der Waals surface area contributed by atoms with Gasteiger partial charge in [0.2, 0.25) is 0 Å². The minimum absolute atomic E-state index is 0.122. The van der Waals surface area contributed by atoms with Gasteiger partial charge >= 0.3 is 18.0 Å². The van der Waals surface area contributed by atoms with Gasteiger partial charge in [0.05, 0.1) is 6.61 Å². The molecule has 1 amide bonds. The molecular weight excluding hydrogens is 374 g/mol. The standard InChI is InChI=1S/C22H33NO6/c1-16(2)19(23-21(26)28-15-17-11-7-6-8-12-17)20(25)27-14-10-9-13-18(24)29-22(3,4)5/h6-8,11-12,16,19H,9-10,13-15H2,1-5H3,(H,23,26)/t19-/m0/s1. The van der Waals surface area contributed by atoms with Crippen molar-refractivity contribution in [3.05, 3.63) is 35.9 Å². The molecule has 7 heteroatoms. The molecule has 0 aromatic heterocycles. The molecule has 0 spiro atoms. The number of esters is 2. The van der Waals surface area contributed by atoms with Crippen molar-refractivity contribution in [3.63, 3.8) is 0 Å². The minimum Gasteiger partial charge on any atom is -0.464 e. The Morgan fingerprint density at radius 2 is 1.66 bits per heavy atom. The highest BCUT2D eigenvalue weighted by molar-refractivity contribution is 5.81. The van der Waals surface area contributed by atoms with Gasteiger partial charge in [0, 0.05) is 6.42 Å². The molecule has 1 aromatic rings. The van der Waals surface area contributed by atoms with Crippen LogP contribution in [0.5, 0.6) is 0 Å². The second kappa shape index (κ2) is 12.1. The van der Waals surface area contributed by atoms with Crippen molar-refractivity contribution in [3.8, 4) is 0 Å². The summed E-state index contributed by atoms with van der Waals surface area (Å²) in [6.07, 6.45) is 0.691.